The van der Waals surface area contributed by atoms with Gasteiger partial charge in [-0.25, -0.2) is 0 Å². The van der Waals surface area contributed by atoms with Gasteiger partial charge in [0.25, 0.3) is 5.91 Å². The Morgan fingerprint density at radius 1 is 1.43 bits per heavy atom. The van der Waals surface area contributed by atoms with Crippen molar-refractivity contribution in [2.24, 2.45) is 0 Å². The van der Waals surface area contributed by atoms with Gasteiger partial charge >= 0.3 is 0 Å². The van der Waals surface area contributed by atoms with E-state index in [2.05, 4.69) is 34.3 Å². The normalized spacial score (nSPS) is 22.2. The maximum absolute atomic E-state index is 12.1. The maximum Gasteiger partial charge on any atom is 0.271 e. The first kappa shape index (κ1) is 15.8. The van der Waals surface area contributed by atoms with Gasteiger partial charge in [-0.3, -0.25) is 14.8 Å². The molecule has 1 aliphatic heterocycles. The molecule has 7 heteroatoms. The molecule has 124 valence electrons. The minimum Gasteiger partial charge on any atom is -0.463 e. The molecular formula is C16H22N4O3. The maximum atomic E-state index is 12.1. The van der Waals surface area contributed by atoms with Crippen LogP contribution in [0, 0.1) is 0 Å². The number of morpholine rings is 1. The number of hydrogen-bond donors (Lipinski definition) is 2. The highest BCUT2D eigenvalue weighted by Gasteiger charge is 2.22. The van der Waals surface area contributed by atoms with E-state index >= 15 is 0 Å². The molecule has 3 rings (SSSR count). The van der Waals surface area contributed by atoms with Crippen molar-refractivity contribution in [3.63, 3.8) is 0 Å². The van der Waals surface area contributed by atoms with Crippen LogP contribution in [0.5, 0.6) is 0 Å². The molecule has 23 heavy (non-hydrogen) atoms. The van der Waals surface area contributed by atoms with Gasteiger partial charge in [-0.05, 0) is 26.0 Å². The molecule has 2 N–H and O–H groups in total. The fourth-order valence-corrected chi connectivity index (χ4v) is 2.88. The number of hydrogen-bond acceptors (Lipinski definition) is 5. The zero-order chi connectivity index (χ0) is 16.2. The number of ether oxygens (including phenoxy) is 1. The Morgan fingerprint density at radius 3 is 2.91 bits per heavy atom. The molecule has 0 aromatic carbocycles. The Hall–Kier alpha value is -2.12. The van der Waals surface area contributed by atoms with Crippen molar-refractivity contribution < 1.29 is 13.9 Å². The van der Waals surface area contributed by atoms with Gasteiger partial charge in [0, 0.05) is 32.2 Å². The summed E-state index contributed by atoms with van der Waals surface area (Å²) in [6.45, 7) is 7.32. The summed E-state index contributed by atoms with van der Waals surface area (Å²) in [6, 6.07) is 5.29. The number of furan rings is 1. The SMILES string of the molecule is C[C@H]1CN(CCNC(=O)c2cc(-c3ccco3)[nH]n2)C[C@H](C)O1. The fourth-order valence-electron chi connectivity index (χ4n) is 2.88. The van der Waals surface area contributed by atoms with E-state index in [1.54, 1.807) is 18.4 Å². The molecule has 0 unspecified atom stereocenters. The van der Waals surface area contributed by atoms with Crippen molar-refractivity contribution >= 4 is 5.91 Å². The van der Waals surface area contributed by atoms with Gasteiger partial charge in [0.15, 0.2) is 11.5 Å². The minimum atomic E-state index is -0.187. The van der Waals surface area contributed by atoms with Crippen LogP contribution >= 0.6 is 0 Å². The second kappa shape index (κ2) is 6.97. The van der Waals surface area contributed by atoms with Crippen LogP contribution in [0.25, 0.3) is 11.5 Å². The lowest BCUT2D eigenvalue weighted by Crippen LogP contribution is -2.47. The molecule has 7 nitrogen and oxygen atoms in total. The van der Waals surface area contributed by atoms with E-state index in [9.17, 15) is 4.79 Å². The second-order valence-electron chi connectivity index (χ2n) is 5.92. The van der Waals surface area contributed by atoms with Gasteiger partial charge in [0.1, 0.15) is 5.69 Å². The summed E-state index contributed by atoms with van der Waals surface area (Å²) in [5.41, 5.74) is 1.05. The van der Waals surface area contributed by atoms with E-state index in [0.29, 0.717) is 23.7 Å². The van der Waals surface area contributed by atoms with Crippen LogP contribution in [0.3, 0.4) is 0 Å². The van der Waals surface area contributed by atoms with Gasteiger partial charge in [0.2, 0.25) is 0 Å². The Bertz CT molecular complexity index is 628. The quantitative estimate of drug-likeness (QED) is 0.873. The lowest BCUT2D eigenvalue weighted by Gasteiger charge is -2.35. The highest BCUT2D eigenvalue weighted by molar-refractivity contribution is 5.93. The van der Waals surface area contributed by atoms with Crippen molar-refractivity contribution in [2.75, 3.05) is 26.2 Å². The topological polar surface area (TPSA) is 83.4 Å². The lowest BCUT2D eigenvalue weighted by atomic mass is 10.2. The summed E-state index contributed by atoms with van der Waals surface area (Å²) in [5, 5.41) is 9.74. The molecule has 2 aromatic heterocycles. The lowest BCUT2D eigenvalue weighted by molar-refractivity contribution is -0.0672. The molecule has 2 atom stereocenters. The first-order chi connectivity index (χ1) is 11.1. The van der Waals surface area contributed by atoms with E-state index < -0.39 is 0 Å². The number of H-pyrrole nitrogens is 1. The number of rotatable bonds is 5. The van der Waals surface area contributed by atoms with E-state index in [-0.39, 0.29) is 18.1 Å². The second-order valence-corrected chi connectivity index (χ2v) is 5.92. The van der Waals surface area contributed by atoms with E-state index in [1.807, 2.05) is 6.07 Å². The van der Waals surface area contributed by atoms with Crippen molar-refractivity contribution in [1.29, 1.82) is 0 Å². The Labute approximate surface area is 135 Å². The molecule has 0 bridgehead atoms. The molecule has 2 aromatic rings. The van der Waals surface area contributed by atoms with Crippen LogP contribution in [-0.4, -0.2) is 59.4 Å². The first-order valence-electron chi connectivity index (χ1n) is 7.87. The Morgan fingerprint density at radius 2 is 2.22 bits per heavy atom. The number of carbonyl (C=O) groups excluding carboxylic acids is 1. The molecule has 0 spiro atoms. The predicted molar refractivity (Wildman–Crippen MR) is 85.1 cm³/mol. The summed E-state index contributed by atoms with van der Waals surface area (Å²) in [7, 11) is 0. The van der Waals surface area contributed by atoms with Crippen LogP contribution in [-0.2, 0) is 4.74 Å². The van der Waals surface area contributed by atoms with Gasteiger partial charge in [-0.15, -0.1) is 0 Å². The predicted octanol–water partition coefficient (Wildman–Crippen LogP) is 1.51. The largest absolute Gasteiger partial charge is 0.463 e. The zero-order valence-electron chi connectivity index (χ0n) is 13.4. The van der Waals surface area contributed by atoms with Gasteiger partial charge in [0.05, 0.1) is 18.5 Å². The Kier molecular flexibility index (Phi) is 4.78. The van der Waals surface area contributed by atoms with E-state index in [0.717, 1.165) is 19.6 Å². The van der Waals surface area contributed by atoms with Crippen LogP contribution < -0.4 is 5.32 Å². The fraction of sp³-hybridized carbons (Fsp3) is 0.500. The number of aromatic nitrogens is 2. The van der Waals surface area contributed by atoms with Crippen LogP contribution in [0.1, 0.15) is 24.3 Å². The van der Waals surface area contributed by atoms with Crippen molar-refractivity contribution in [2.45, 2.75) is 26.1 Å². The average molecular weight is 318 g/mol. The number of nitrogens with one attached hydrogen (secondary N) is 2. The summed E-state index contributed by atoms with van der Waals surface area (Å²) >= 11 is 0. The summed E-state index contributed by atoms with van der Waals surface area (Å²) < 4.78 is 11.0. The number of nitrogens with zero attached hydrogens (tertiary/aromatic N) is 2. The monoisotopic (exact) mass is 318 g/mol. The molecule has 1 aliphatic rings. The molecule has 1 amide bonds. The van der Waals surface area contributed by atoms with E-state index in [4.69, 9.17) is 9.15 Å². The number of carbonyl (C=O) groups is 1. The van der Waals surface area contributed by atoms with Crippen LogP contribution in [0.4, 0.5) is 0 Å². The molecule has 1 fully saturated rings. The highest BCUT2D eigenvalue weighted by atomic mass is 16.5. The third kappa shape index (κ3) is 4.00. The standard InChI is InChI=1S/C16H22N4O3/c1-11-9-20(10-12(2)23-11)6-5-17-16(21)14-8-13(18-19-14)15-4-3-7-22-15/h3-4,7-8,11-12H,5-6,9-10H2,1-2H3,(H,17,21)(H,18,19)/t11-,12-/m0/s1. The number of amides is 1. The molecule has 3 heterocycles. The van der Waals surface area contributed by atoms with Gasteiger partial charge < -0.3 is 14.5 Å². The van der Waals surface area contributed by atoms with Crippen LogP contribution in [0.15, 0.2) is 28.9 Å². The Balaban J connectivity index is 1.48. The van der Waals surface area contributed by atoms with Gasteiger partial charge in [-0.1, -0.05) is 0 Å². The molecule has 0 aliphatic carbocycles. The average Bonchev–Trinajstić information content (AvgIpc) is 3.17. The van der Waals surface area contributed by atoms with Crippen LogP contribution in [0.2, 0.25) is 0 Å². The molecule has 1 saturated heterocycles. The van der Waals surface area contributed by atoms with Crippen molar-refractivity contribution in [1.82, 2.24) is 20.4 Å². The first-order valence-corrected chi connectivity index (χ1v) is 7.87. The summed E-state index contributed by atoms with van der Waals surface area (Å²) in [4.78, 5) is 14.4. The summed E-state index contributed by atoms with van der Waals surface area (Å²) in [6.07, 6.45) is 2.05. The van der Waals surface area contributed by atoms with E-state index in [1.165, 1.54) is 0 Å². The molecular weight excluding hydrogens is 296 g/mol. The van der Waals surface area contributed by atoms with Gasteiger partial charge in [-0.2, -0.15) is 5.10 Å². The third-order valence-electron chi connectivity index (χ3n) is 3.81. The van der Waals surface area contributed by atoms with Crippen molar-refractivity contribution in [3.8, 4) is 11.5 Å². The van der Waals surface area contributed by atoms with Crippen molar-refractivity contribution in [3.05, 3.63) is 30.2 Å². The highest BCUT2D eigenvalue weighted by Crippen LogP contribution is 2.17. The number of aromatic amines is 1. The summed E-state index contributed by atoms with van der Waals surface area (Å²) in [5.74, 6) is 0.473. The smallest absolute Gasteiger partial charge is 0.271 e. The molecule has 0 saturated carbocycles. The third-order valence-corrected chi connectivity index (χ3v) is 3.81. The minimum absolute atomic E-state index is 0.187. The molecule has 0 radical (unpaired) electrons. The zero-order valence-corrected chi connectivity index (χ0v) is 13.4.